The summed E-state index contributed by atoms with van der Waals surface area (Å²) in [5.41, 5.74) is 0.856. The minimum atomic E-state index is -0.451. The van der Waals surface area contributed by atoms with Crippen molar-refractivity contribution in [1.29, 1.82) is 0 Å². The van der Waals surface area contributed by atoms with Crippen LogP contribution < -0.4 is 4.74 Å². The number of benzene rings is 1. The lowest BCUT2D eigenvalue weighted by Gasteiger charge is -2.14. The van der Waals surface area contributed by atoms with Gasteiger partial charge >= 0.3 is 0 Å². The quantitative estimate of drug-likeness (QED) is 0.608. The lowest BCUT2D eigenvalue weighted by Crippen LogP contribution is -2.02. The van der Waals surface area contributed by atoms with Gasteiger partial charge in [0.1, 0.15) is 5.75 Å². The molecule has 1 atom stereocenters. The molecule has 0 bridgehead atoms. The molecule has 0 aliphatic carbocycles. The Hall–Kier alpha value is -1.46. The average Bonchev–Trinajstić information content (AvgIpc) is 2.34. The maximum atomic E-state index is 9.80. The van der Waals surface area contributed by atoms with Crippen LogP contribution in [0.4, 0.5) is 0 Å². The molecule has 0 aliphatic heterocycles. The molecule has 0 spiro atoms. The van der Waals surface area contributed by atoms with Crippen molar-refractivity contribution < 1.29 is 9.84 Å². The van der Waals surface area contributed by atoms with Crippen LogP contribution in [0.15, 0.2) is 24.3 Å². The Labute approximate surface area is 97.3 Å². The molecule has 1 rings (SSSR count). The van der Waals surface area contributed by atoms with Gasteiger partial charge in [-0.25, -0.2) is 0 Å². The van der Waals surface area contributed by atoms with Crippen LogP contribution in [-0.2, 0) is 0 Å². The average molecular weight is 218 g/mol. The first kappa shape index (κ1) is 12.6. The van der Waals surface area contributed by atoms with E-state index >= 15 is 0 Å². The number of aliphatic hydroxyl groups excluding tert-OH is 1. The van der Waals surface area contributed by atoms with E-state index < -0.39 is 6.10 Å². The fraction of sp³-hybridized carbons (Fsp3) is 0.429. The van der Waals surface area contributed by atoms with Crippen LogP contribution in [0, 0.1) is 11.8 Å². The van der Waals surface area contributed by atoms with Gasteiger partial charge in [-0.05, 0) is 19.4 Å². The highest BCUT2D eigenvalue weighted by Gasteiger charge is 2.10. The molecule has 86 valence electrons. The Balaban J connectivity index is 2.66. The van der Waals surface area contributed by atoms with Gasteiger partial charge in [0.25, 0.3) is 0 Å². The highest BCUT2D eigenvalue weighted by molar-refractivity contribution is 5.35. The van der Waals surface area contributed by atoms with Crippen LogP contribution >= 0.6 is 0 Å². The predicted octanol–water partition coefficient (Wildman–Crippen LogP) is 2.92. The van der Waals surface area contributed by atoms with Crippen LogP contribution in [0.25, 0.3) is 0 Å². The highest BCUT2D eigenvalue weighted by Crippen LogP contribution is 2.26. The number of para-hydroxylation sites is 1. The Morgan fingerprint density at radius 1 is 1.38 bits per heavy atom. The second-order valence-electron chi connectivity index (χ2n) is 3.49. The molecule has 1 N–H and O–H groups in total. The molecule has 0 aromatic heterocycles. The molecule has 2 nitrogen and oxygen atoms in total. The van der Waals surface area contributed by atoms with Gasteiger partial charge in [0.2, 0.25) is 0 Å². The second-order valence-corrected chi connectivity index (χ2v) is 3.49. The van der Waals surface area contributed by atoms with Gasteiger partial charge in [0.05, 0.1) is 12.7 Å². The van der Waals surface area contributed by atoms with E-state index in [0.29, 0.717) is 19.4 Å². The van der Waals surface area contributed by atoms with E-state index in [2.05, 4.69) is 11.8 Å². The Morgan fingerprint density at radius 2 is 2.12 bits per heavy atom. The lowest BCUT2D eigenvalue weighted by atomic mass is 10.1. The number of aliphatic hydroxyl groups is 1. The zero-order valence-corrected chi connectivity index (χ0v) is 9.86. The summed E-state index contributed by atoms with van der Waals surface area (Å²) >= 11 is 0. The van der Waals surface area contributed by atoms with Gasteiger partial charge in [-0.3, -0.25) is 0 Å². The molecule has 1 unspecified atom stereocenters. The lowest BCUT2D eigenvalue weighted by molar-refractivity contribution is 0.167. The van der Waals surface area contributed by atoms with E-state index in [4.69, 9.17) is 4.74 Å². The topological polar surface area (TPSA) is 29.5 Å². The molecule has 2 heteroatoms. The first-order valence-electron chi connectivity index (χ1n) is 5.59. The first-order valence-corrected chi connectivity index (χ1v) is 5.59. The van der Waals surface area contributed by atoms with Gasteiger partial charge in [0, 0.05) is 12.0 Å². The van der Waals surface area contributed by atoms with Crippen LogP contribution in [0.1, 0.15) is 38.4 Å². The third kappa shape index (κ3) is 3.60. The van der Waals surface area contributed by atoms with Crippen molar-refractivity contribution in [2.24, 2.45) is 0 Å². The summed E-state index contributed by atoms with van der Waals surface area (Å²) in [6.45, 7) is 4.33. The van der Waals surface area contributed by atoms with Crippen molar-refractivity contribution in [3.05, 3.63) is 29.8 Å². The summed E-state index contributed by atoms with van der Waals surface area (Å²) in [6, 6.07) is 7.60. The number of hydrogen-bond donors (Lipinski definition) is 1. The minimum Gasteiger partial charge on any atom is -0.492 e. The zero-order valence-electron chi connectivity index (χ0n) is 9.86. The molecule has 0 aliphatic rings. The van der Waals surface area contributed by atoms with E-state index in [-0.39, 0.29) is 0 Å². The Bertz CT molecular complexity index is 374. The summed E-state index contributed by atoms with van der Waals surface area (Å²) in [5, 5.41) is 9.80. The molecule has 1 aromatic carbocycles. The molecule has 0 amide bonds. The standard InChI is InChI=1S/C14H18O2/c1-3-5-8-11-16-14-10-7-6-9-12(14)13(15)4-2/h6-7,9-10,13,15H,4,8,11H2,1-2H3. The van der Waals surface area contributed by atoms with Gasteiger partial charge < -0.3 is 9.84 Å². The summed E-state index contributed by atoms with van der Waals surface area (Å²) in [6.07, 6.45) is 0.954. The van der Waals surface area contributed by atoms with Crippen molar-refractivity contribution in [3.8, 4) is 17.6 Å². The summed E-state index contributed by atoms with van der Waals surface area (Å²) < 4.78 is 5.60. The molecule has 16 heavy (non-hydrogen) atoms. The van der Waals surface area contributed by atoms with Gasteiger partial charge in [-0.2, -0.15) is 0 Å². The van der Waals surface area contributed by atoms with Crippen molar-refractivity contribution in [1.82, 2.24) is 0 Å². The van der Waals surface area contributed by atoms with E-state index in [9.17, 15) is 5.11 Å². The molecule has 0 fully saturated rings. The molecule has 0 heterocycles. The fourth-order valence-electron chi connectivity index (χ4n) is 1.44. The van der Waals surface area contributed by atoms with Gasteiger partial charge in [0.15, 0.2) is 0 Å². The maximum absolute atomic E-state index is 9.80. The zero-order chi connectivity index (χ0) is 11.8. The monoisotopic (exact) mass is 218 g/mol. The second kappa shape index (κ2) is 6.92. The molecular formula is C14H18O2. The van der Waals surface area contributed by atoms with Crippen LogP contribution in [-0.4, -0.2) is 11.7 Å². The van der Waals surface area contributed by atoms with E-state index in [1.54, 1.807) is 0 Å². The number of rotatable bonds is 5. The molecular weight excluding hydrogens is 200 g/mol. The smallest absolute Gasteiger partial charge is 0.125 e. The number of hydrogen-bond acceptors (Lipinski definition) is 2. The van der Waals surface area contributed by atoms with Crippen LogP contribution in [0.2, 0.25) is 0 Å². The predicted molar refractivity (Wildman–Crippen MR) is 65.3 cm³/mol. The number of ether oxygens (including phenoxy) is 1. The molecule has 0 saturated carbocycles. The Morgan fingerprint density at radius 3 is 2.81 bits per heavy atom. The van der Waals surface area contributed by atoms with Crippen molar-refractivity contribution in [2.45, 2.75) is 32.8 Å². The van der Waals surface area contributed by atoms with Gasteiger partial charge in [-0.15, -0.1) is 11.8 Å². The van der Waals surface area contributed by atoms with E-state index in [1.165, 1.54) is 0 Å². The molecule has 0 radical (unpaired) electrons. The molecule has 1 aromatic rings. The largest absolute Gasteiger partial charge is 0.492 e. The SMILES string of the molecule is CC#CCCOc1ccccc1C(O)CC. The van der Waals surface area contributed by atoms with Gasteiger partial charge in [-0.1, -0.05) is 25.1 Å². The van der Waals surface area contributed by atoms with Crippen LogP contribution in [0.5, 0.6) is 5.75 Å². The van der Waals surface area contributed by atoms with E-state index in [0.717, 1.165) is 11.3 Å². The summed E-state index contributed by atoms with van der Waals surface area (Å²) in [5.74, 6) is 6.53. The first-order chi connectivity index (χ1) is 7.79. The van der Waals surface area contributed by atoms with Crippen molar-refractivity contribution in [2.75, 3.05) is 6.61 Å². The minimum absolute atomic E-state index is 0.451. The fourth-order valence-corrected chi connectivity index (χ4v) is 1.44. The Kier molecular flexibility index (Phi) is 5.45. The highest BCUT2D eigenvalue weighted by atomic mass is 16.5. The summed E-state index contributed by atoms with van der Waals surface area (Å²) in [4.78, 5) is 0. The van der Waals surface area contributed by atoms with E-state index in [1.807, 2.05) is 38.1 Å². The summed E-state index contributed by atoms with van der Waals surface area (Å²) in [7, 11) is 0. The van der Waals surface area contributed by atoms with Crippen LogP contribution in [0.3, 0.4) is 0 Å². The normalized spacial score (nSPS) is 11.4. The van der Waals surface area contributed by atoms with Crippen molar-refractivity contribution in [3.63, 3.8) is 0 Å². The third-order valence-electron chi connectivity index (χ3n) is 2.33. The third-order valence-corrected chi connectivity index (χ3v) is 2.33. The maximum Gasteiger partial charge on any atom is 0.125 e. The van der Waals surface area contributed by atoms with Crippen molar-refractivity contribution >= 4 is 0 Å². The molecule has 0 saturated heterocycles.